The molecule has 0 aromatic carbocycles. The molecule has 4 nitrogen and oxygen atoms in total. The number of aliphatic hydroxyl groups excluding tert-OH is 2. The van der Waals surface area contributed by atoms with Crippen molar-refractivity contribution < 1.29 is 15.0 Å². The third-order valence-electron chi connectivity index (χ3n) is 11.1. The highest BCUT2D eigenvalue weighted by Gasteiger charge is 2.17. The molecule has 1 amide bonds. The fourth-order valence-corrected chi connectivity index (χ4v) is 7.26. The Morgan fingerprint density at radius 3 is 1.19 bits per heavy atom. The first-order valence-electron chi connectivity index (χ1n) is 25.3. The highest BCUT2D eigenvalue weighted by molar-refractivity contribution is 5.76. The summed E-state index contributed by atoms with van der Waals surface area (Å²) in [4.78, 5) is 12.4. The van der Waals surface area contributed by atoms with Crippen molar-refractivity contribution in [2.75, 3.05) is 6.61 Å². The Hall–Kier alpha value is -2.43. The van der Waals surface area contributed by atoms with Gasteiger partial charge in [0.1, 0.15) is 0 Å². The Balaban J connectivity index is 3.60. The van der Waals surface area contributed by atoms with Gasteiger partial charge in [-0.1, -0.05) is 234 Å². The minimum atomic E-state index is -0.874. The number of hydrogen-bond donors (Lipinski definition) is 3. The zero-order valence-corrected chi connectivity index (χ0v) is 39.0. The van der Waals surface area contributed by atoms with Gasteiger partial charge in [-0.15, -0.1) is 0 Å². The average molecular weight is 820 g/mol. The molecule has 340 valence electrons. The summed E-state index contributed by atoms with van der Waals surface area (Å²) >= 11 is 0. The number of carbonyl (C=O) groups is 1. The van der Waals surface area contributed by atoms with E-state index in [-0.39, 0.29) is 12.5 Å². The predicted molar refractivity (Wildman–Crippen MR) is 262 cm³/mol. The molecule has 59 heavy (non-hydrogen) atoms. The quantitative estimate of drug-likeness (QED) is 0.0423. The van der Waals surface area contributed by atoms with E-state index in [1.54, 1.807) is 6.08 Å². The number of carbonyl (C=O) groups excluding carboxylic acids is 1. The molecular formula is C55H97NO3. The molecular weight excluding hydrogens is 723 g/mol. The van der Waals surface area contributed by atoms with Crippen LogP contribution in [0.25, 0.3) is 0 Å². The maximum Gasteiger partial charge on any atom is 0.220 e. The lowest BCUT2D eigenvalue weighted by molar-refractivity contribution is -0.123. The summed E-state index contributed by atoms with van der Waals surface area (Å²) in [7, 11) is 0. The van der Waals surface area contributed by atoms with Crippen LogP contribution in [0.15, 0.2) is 85.1 Å². The van der Waals surface area contributed by atoms with Crippen molar-refractivity contribution in [2.45, 2.75) is 251 Å². The third-order valence-corrected chi connectivity index (χ3v) is 11.1. The van der Waals surface area contributed by atoms with E-state index in [9.17, 15) is 15.0 Å². The molecule has 3 N–H and O–H groups in total. The molecule has 0 saturated heterocycles. The number of nitrogens with one attached hydrogen (secondary N) is 1. The molecule has 0 heterocycles. The lowest BCUT2D eigenvalue weighted by Gasteiger charge is -2.19. The van der Waals surface area contributed by atoms with E-state index in [4.69, 9.17) is 0 Å². The van der Waals surface area contributed by atoms with Crippen LogP contribution in [0.5, 0.6) is 0 Å². The summed E-state index contributed by atoms with van der Waals surface area (Å²) in [6, 6.07) is -0.650. The Morgan fingerprint density at radius 1 is 0.424 bits per heavy atom. The molecule has 2 atom stereocenters. The van der Waals surface area contributed by atoms with Crippen molar-refractivity contribution in [3.05, 3.63) is 85.1 Å². The number of amides is 1. The minimum absolute atomic E-state index is 0.0807. The summed E-state index contributed by atoms with van der Waals surface area (Å²) < 4.78 is 0. The topological polar surface area (TPSA) is 69.6 Å². The number of allylic oxidation sites excluding steroid dienone is 13. The normalized spacial score (nSPS) is 13.6. The van der Waals surface area contributed by atoms with Gasteiger partial charge in [-0.2, -0.15) is 0 Å². The van der Waals surface area contributed by atoms with Crippen molar-refractivity contribution in [1.82, 2.24) is 5.32 Å². The maximum atomic E-state index is 12.4. The van der Waals surface area contributed by atoms with E-state index in [1.807, 2.05) is 6.08 Å². The summed E-state index contributed by atoms with van der Waals surface area (Å²) in [6.45, 7) is 4.18. The van der Waals surface area contributed by atoms with Gasteiger partial charge >= 0.3 is 0 Å². The Morgan fingerprint density at radius 2 is 0.763 bits per heavy atom. The van der Waals surface area contributed by atoms with Crippen LogP contribution in [0.3, 0.4) is 0 Å². The van der Waals surface area contributed by atoms with Gasteiger partial charge in [-0.05, 0) is 83.5 Å². The van der Waals surface area contributed by atoms with Crippen molar-refractivity contribution in [1.29, 1.82) is 0 Å². The van der Waals surface area contributed by atoms with Gasteiger partial charge in [0, 0.05) is 6.42 Å². The molecule has 2 unspecified atom stereocenters. The number of unbranched alkanes of at least 4 members (excludes halogenated alkanes) is 26. The first-order chi connectivity index (χ1) is 29.2. The van der Waals surface area contributed by atoms with Gasteiger partial charge in [0.2, 0.25) is 5.91 Å². The second kappa shape index (κ2) is 49.9. The lowest BCUT2D eigenvalue weighted by Crippen LogP contribution is -2.45. The van der Waals surface area contributed by atoms with Crippen LogP contribution in [0, 0.1) is 0 Å². The number of hydrogen-bond acceptors (Lipinski definition) is 3. The van der Waals surface area contributed by atoms with Gasteiger partial charge in [0.15, 0.2) is 0 Å². The predicted octanol–water partition coefficient (Wildman–Crippen LogP) is 16.4. The molecule has 0 aromatic rings. The molecule has 0 aliphatic rings. The van der Waals surface area contributed by atoms with Gasteiger partial charge in [0.25, 0.3) is 0 Å². The van der Waals surface area contributed by atoms with Gasteiger partial charge < -0.3 is 15.5 Å². The van der Waals surface area contributed by atoms with E-state index >= 15 is 0 Å². The van der Waals surface area contributed by atoms with E-state index in [2.05, 4.69) is 92.1 Å². The lowest BCUT2D eigenvalue weighted by atomic mass is 10.0. The molecule has 0 bridgehead atoms. The largest absolute Gasteiger partial charge is 0.394 e. The smallest absolute Gasteiger partial charge is 0.220 e. The van der Waals surface area contributed by atoms with E-state index in [0.29, 0.717) is 6.42 Å². The molecule has 0 rings (SSSR count). The van der Waals surface area contributed by atoms with Crippen LogP contribution in [0.2, 0.25) is 0 Å². The molecule has 0 radical (unpaired) electrons. The van der Waals surface area contributed by atoms with Crippen LogP contribution >= 0.6 is 0 Å². The molecule has 4 heteroatoms. The standard InChI is InChI=1S/C55H97NO3/c1-3-5-7-9-11-13-15-17-19-21-23-25-26-27-28-29-30-31-33-35-37-39-41-43-45-47-49-51-55(59)56-53(52-57)54(58)50-48-46-44-42-40-38-36-34-32-24-22-20-18-16-14-12-10-8-6-4-2/h5,7,11,13,17,19,23,25,32,34,40,42,48,50,53-54,57-58H,3-4,6,8-10,12,14-16,18,20-22,24,26-31,33,35-39,41,43-47,49,51-52H2,1-2H3,(H,56,59)/b7-5-,13-11-,19-17-,25-23-,34-32+,42-40+,50-48+. The Kier molecular flexibility index (Phi) is 47.9. The fraction of sp³-hybridized carbons (Fsp3) is 0.727. The van der Waals surface area contributed by atoms with Crippen LogP contribution in [-0.2, 0) is 4.79 Å². The van der Waals surface area contributed by atoms with Crippen molar-refractivity contribution >= 4 is 5.91 Å². The van der Waals surface area contributed by atoms with Crippen molar-refractivity contribution in [3.63, 3.8) is 0 Å². The first kappa shape index (κ1) is 56.6. The average Bonchev–Trinajstić information content (AvgIpc) is 3.24. The monoisotopic (exact) mass is 820 g/mol. The number of rotatable bonds is 45. The van der Waals surface area contributed by atoms with Crippen LogP contribution in [0.4, 0.5) is 0 Å². The molecule has 0 aliphatic heterocycles. The maximum absolute atomic E-state index is 12.4. The summed E-state index contributed by atoms with van der Waals surface area (Å²) in [5, 5.41) is 23.1. The molecule has 0 spiro atoms. The molecule has 0 aliphatic carbocycles. The number of aliphatic hydroxyl groups is 2. The summed E-state index contributed by atoms with van der Waals surface area (Å²) in [6.07, 6.45) is 72.9. The van der Waals surface area contributed by atoms with Crippen molar-refractivity contribution in [2.24, 2.45) is 0 Å². The van der Waals surface area contributed by atoms with E-state index in [1.165, 1.54) is 154 Å². The SMILES string of the molecule is CC/C=C\C/C=C\C/C=C\C/C=C\CCCCCCCCCCCCCCCCC(=O)NC(CO)C(O)/C=C/CC/C=C/CC/C=C/CCCCCCCCCCCC. The highest BCUT2D eigenvalue weighted by atomic mass is 16.3. The second-order valence-corrected chi connectivity index (χ2v) is 16.8. The second-order valence-electron chi connectivity index (χ2n) is 16.8. The third kappa shape index (κ3) is 46.5. The molecule has 0 aromatic heterocycles. The zero-order valence-electron chi connectivity index (χ0n) is 39.0. The molecule has 0 saturated carbocycles. The molecule has 0 fully saturated rings. The van der Waals surface area contributed by atoms with E-state index in [0.717, 1.165) is 64.2 Å². The van der Waals surface area contributed by atoms with Gasteiger partial charge in [-0.25, -0.2) is 0 Å². The highest BCUT2D eigenvalue weighted by Crippen LogP contribution is 2.15. The summed E-state index contributed by atoms with van der Waals surface area (Å²) in [5.41, 5.74) is 0. The zero-order chi connectivity index (χ0) is 42.8. The fourth-order valence-electron chi connectivity index (χ4n) is 7.26. The van der Waals surface area contributed by atoms with Crippen LogP contribution in [-0.4, -0.2) is 34.9 Å². The van der Waals surface area contributed by atoms with Gasteiger partial charge in [0.05, 0.1) is 18.8 Å². The minimum Gasteiger partial charge on any atom is -0.394 e. The van der Waals surface area contributed by atoms with E-state index < -0.39 is 12.1 Å². The van der Waals surface area contributed by atoms with Crippen LogP contribution < -0.4 is 5.32 Å². The van der Waals surface area contributed by atoms with Crippen molar-refractivity contribution in [3.8, 4) is 0 Å². The summed E-state index contributed by atoms with van der Waals surface area (Å²) in [5.74, 6) is -0.0807. The first-order valence-corrected chi connectivity index (χ1v) is 25.3. The van der Waals surface area contributed by atoms with Gasteiger partial charge in [-0.3, -0.25) is 4.79 Å². The Bertz CT molecular complexity index is 1070. The van der Waals surface area contributed by atoms with Crippen LogP contribution in [0.1, 0.15) is 239 Å². The Labute approximate surface area is 367 Å².